The number of carbonyl (C=O) groups is 2. The number of hydrogen-bond donors (Lipinski definition) is 0. The predicted octanol–water partition coefficient (Wildman–Crippen LogP) is 4.94. The zero-order valence-electron chi connectivity index (χ0n) is 21.4. The van der Waals surface area contributed by atoms with Gasteiger partial charge in [0.1, 0.15) is 0 Å². The quantitative estimate of drug-likeness (QED) is 0.498. The summed E-state index contributed by atoms with van der Waals surface area (Å²) in [7, 11) is 0. The Hall–Kier alpha value is -2.96. The molecule has 5 rings (SSSR count). The normalized spacial score (nSPS) is 19.1. The second-order valence-electron chi connectivity index (χ2n) is 9.89. The first kappa shape index (κ1) is 24.7. The Labute approximate surface area is 218 Å². The van der Waals surface area contributed by atoms with Crippen molar-refractivity contribution in [2.24, 2.45) is 0 Å². The number of fused-ring (bicyclic) bond motifs is 1. The van der Waals surface area contributed by atoms with Crippen LogP contribution in [0.2, 0.25) is 0 Å². The number of aryl methyl sites for hydroxylation is 2. The van der Waals surface area contributed by atoms with Gasteiger partial charge >= 0.3 is 0 Å². The SMILES string of the molecule is CCc1ccc(C(=O)N2CCN(C(=O)[C@H](C)N3CCc4sccc4[C@@H]3c3ccccc3C)CC2)cc1. The Morgan fingerprint density at radius 3 is 2.31 bits per heavy atom. The molecular formula is C30H35N3O2S. The highest BCUT2D eigenvalue weighted by Gasteiger charge is 2.38. The molecule has 2 aliphatic heterocycles. The zero-order valence-corrected chi connectivity index (χ0v) is 22.3. The van der Waals surface area contributed by atoms with E-state index in [9.17, 15) is 9.59 Å². The van der Waals surface area contributed by atoms with Crippen LogP contribution < -0.4 is 0 Å². The van der Waals surface area contributed by atoms with Crippen molar-refractivity contribution >= 4 is 23.2 Å². The van der Waals surface area contributed by atoms with Gasteiger partial charge in [0, 0.05) is 43.2 Å². The zero-order chi connectivity index (χ0) is 25.2. The van der Waals surface area contributed by atoms with Gasteiger partial charge < -0.3 is 9.80 Å². The molecule has 188 valence electrons. The number of piperazine rings is 1. The van der Waals surface area contributed by atoms with Crippen LogP contribution in [0.15, 0.2) is 60.0 Å². The van der Waals surface area contributed by atoms with Crippen LogP contribution in [-0.2, 0) is 17.6 Å². The van der Waals surface area contributed by atoms with Crippen molar-refractivity contribution in [3.63, 3.8) is 0 Å². The Morgan fingerprint density at radius 1 is 0.917 bits per heavy atom. The topological polar surface area (TPSA) is 43.9 Å². The van der Waals surface area contributed by atoms with Crippen LogP contribution in [0.4, 0.5) is 0 Å². The van der Waals surface area contributed by atoms with E-state index in [1.54, 1.807) is 0 Å². The van der Waals surface area contributed by atoms with E-state index in [2.05, 4.69) is 61.4 Å². The minimum absolute atomic E-state index is 0.0541. The largest absolute Gasteiger partial charge is 0.338 e. The van der Waals surface area contributed by atoms with Gasteiger partial charge in [-0.3, -0.25) is 14.5 Å². The van der Waals surface area contributed by atoms with E-state index in [-0.39, 0.29) is 23.9 Å². The lowest BCUT2D eigenvalue weighted by Gasteiger charge is -2.43. The van der Waals surface area contributed by atoms with E-state index in [0.717, 1.165) is 24.9 Å². The molecule has 0 radical (unpaired) electrons. The number of benzene rings is 2. The lowest BCUT2D eigenvalue weighted by atomic mass is 9.89. The van der Waals surface area contributed by atoms with E-state index >= 15 is 0 Å². The molecule has 2 aliphatic rings. The van der Waals surface area contributed by atoms with Crippen LogP contribution in [0.3, 0.4) is 0 Å². The minimum atomic E-state index is -0.230. The van der Waals surface area contributed by atoms with Gasteiger partial charge in [-0.1, -0.05) is 43.3 Å². The van der Waals surface area contributed by atoms with Gasteiger partial charge in [0.05, 0.1) is 12.1 Å². The third-order valence-electron chi connectivity index (χ3n) is 7.83. The van der Waals surface area contributed by atoms with Crippen LogP contribution in [0.5, 0.6) is 0 Å². The van der Waals surface area contributed by atoms with Crippen molar-refractivity contribution in [3.05, 3.63) is 92.7 Å². The van der Waals surface area contributed by atoms with Crippen molar-refractivity contribution in [1.82, 2.24) is 14.7 Å². The van der Waals surface area contributed by atoms with Gasteiger partial charge in [0.2, 0.25) is 5.91 Å². The van der Waals surface area contributed by atoms with Crippen molar-refractivity contribution in [1.29, 1.82) is 0 Å². The van der Waals surface area contributed by atoms with E-state index < -0.39 is 0 Å². The second-order valence-corrected chi connectivity index (χ2v) is 10.9. The van der Waals surface area contributed by atoms with Crippen molar-refractivity contribution in [2.75, 3.05) is 32.7 Å². The maximum Gasteiger partial charge on any atom is 0.253 e. The third-order valence-corrected chi connectivity index (χ3v) is 8.83. The fourth-order valence-corrected chi connectivity index (χ4v) is 6.50. The number of amides is 2. The van der Waals surface area contributed by atoms with E-state index in [1.807, 2.05) is 45.4 Å². The van der Waals surface area contributed by atoms with Crippen LogP contribution in [-0.4, -0.2) is 65.3 Å². The summed E-state index contributed by atoms with van der Waals surface area (Å²) in [6.07, 6.45) is 1.94. The van der Waals surface area contributed by atoms with Crippen molar-refractivity contribution in [3.8, 4) is 0 Å². The van der Waals surface area contributed by atoms with E-state index in [0.29, 0.717) is 26.2 Å². The van der Waals surface area contributed by atoms with Gasteiger partial charge in [-0.15, -0.1) is 11.3 Å². The Bertz CT molecular complexity index is 1230. The van der Waals surface area contributed by atoms with E-state index in [4.69, 9.17) is 0 Å². The molecule has 0 saturated carbocycles. The van der Waals surface area contributed by atoms with Gasteiger partial charge in [-0.25, -0.2) is 0 Å². The predicted molar refractivity (Wildman–Crippen MR) is 146 cm³/mol. The number of nitrogens with zero attached hydrogens (tertiary/aromatic N) is 3. The molecule has 0 unspecified atom stereocenters. The lowest BCUT2D eigenvalue weighted by molar-refractivity contribution is -0.138. The molecule has 2 aromatic carbocycles. The Morgan fingerprint density at radius 2 is 1.61 bits per heavy atom. The monoisotopic (exact) mass is 501 g/mol. The van der Waals surface area contributed by atoms with Crippen LogP contribution in [0.1, 0.15) is 57.4 Å². The molecule has 3 aromatic rings. The minimum Gasteiger partial charge on any atom is -0.338 e. The molecule has 0 N–H and O–H groups in total. The van der Waals surface area contributed by atoms with Gasteiger partial charge in [0.15, 0.2) is 0 Å². The molecule has 0 bridgehead atoms. The number of rotatable bonds is 5. The summed E-state index contributed by atoms with van der Waals surface area (Å²) in [5.74, 6) is 0.213. The molecule has 1 fully saturated rings. The van der Waals surface area contributed by atoms with E-state index in [1.165, 1.54) is 27.1 Å². The molecule has 2 amide bonds. The number of hydrogen-bond acceptors (Lipinski definition) is 4. The molecule has 5 nitrogen and oxygen atoms in total. The maximum absolute atomic E-state index is 13.7. The van der Waals surface area contributed by atoms with Crippen LogP contribution in [0.25, 0.3) is 0 Å². The Kier molecular flexibility index (Phi) is 7.26. The molecule has 3 heterocycles. The summed E-state index contributed by atoms with van der Waals surface area (Å²) >= 11 is 1.82. The molecule has 6 heteroatoms. The summed E-state index contributed by atoms with van der Waals surface area (Å²) < 4.78 is 0. The third kappa shape index (κ3) is 4.72. The van der Waals surface area contributed by atoms with Crippen LogP contribution in [0, 0.1) is 6.92 Å². The summed E-state index contributed by atoms with van der Waals surface area (Å²) in [6.45, 7) is 9.49. The highest BCUT2D eigenvalue weighted by molar-refractivity contribution is 7.10. The first-order valence-electron chi connectivity index (χ1n) is 13.0. The molecule has 2 atom stereocenters. The highest BCUT2D eigenvalue weighted by Crippen LogP contribution is 2.40. The van der Waals surface area contributed by atoms with Gasteiger partial charge in [-0.05, 0) is 72.5 Å². The smallest absolute Gasteiger partial charge is 0.253 e. The molecule has 0 aliphatic carbocycles. The average Bonchev–Trinajstić information content (AvgIpc) is 3.41. The summed E-state index contributed by atoms with van der Waals surface area (Å²) in [4.78, 5) is 34.3. The van der Waals surface area contributed by atoms with Crippen molar-refractivity contribution in [2.45, 2.75) is 45.7 Å². The molecule has 36 heavy (non-hydrogen) atoms. The summed E-state index contributed by atoms with van der Waals surface area (Å²) in [5.41, 5.74) is 5.82. The van der Waals surface area contributed by atoms with Crippen molar-refractivity contribution < 1.29 is 9.59 Å². The first-order chi connectivity index (χ1) is 17.5. The molecule has 1 saturated heterocycles. The maximum atomic E-state index is 13.7. The fourth-order valence-electron chi connectivity index (χ4n) is 5.59. The standard InChI is InChI=1S/C30H35N3O2S/c1-4-23-9-11-24(12-10-23)30(35)32-18-16-31(17-19-32)29(34)22(3)33-15-13-27-26(14-20-36-27)28(33)25-8-6-5-7-21(25)2/h5-12,14,20,22,28H,4,13,15-19H2,1-3H3/t22-,28-/m0/s1. The van der Waals surface area contributed by atoms with Gasteiger partial charge in [-0.2, -0.15) is 0 Å². The molecule has 1 aromatic heterocycles. The summed E-state index contributed by atoms with van der Waals surface area (Å²) in [5, 5.41) is 2.18. The average molecular weight is 502 g/mol. The van der Waals surface area contributed by atoms with Crippen LogP contribution >= 0.6 is 11.3 Å². The highest BCUT2D eigenvalue weighted by atomic mass is 32.1. The first-order valence-corrected chi connectivity index (χ1v) is 13.9. The summed E-state index contributed by atoms with van der Waals surface area (Å²) in [6, 6.07) is 18.5. The molecular weight excluding hydrogens is 466 g/mol. The lowest BCUT2D eigenvalue weighted by Crippen LogP contribution is -2.56. The molecule has 0 spiro atoms. The van der Waals surface area contributed by atoms with Gasteiger partial charge in [0.25, 0.3) is 5.91 Å². The number of carbonyl (C=O) groups excluding carboxylic acids is 2. The second kappa shape index (κ2) is 10.6. The fraction of sp³-hybridized carbons (Fsp3) is 0.400. The Balaban J connectivity index is 1.28. The number of thiophene rings is 1.